The van der Waals surface area contributed by atoms with Crippen molar-refractivity contribution in [1.82, 2.24) is 0 Å². The summed E-state index contributed by atoms with van der Waals surface area (Å²) in [5.41, 5.74) is 1.46. The lowest BCUT2D eigenvalue weighted by Gasteiger charge is -2.20. The molecule has 0 aromatic heterocycles. The molecule has 1 nitrogen and oxygen atoms in total. The third-order valence-electron chi connectivity index (χ3n) is 2.76. The summed E-state index contributed by atoms with van der Waals surface area (Å²) in [7, 11) is 0. The van der Waals surface area contributed by atoms with Crippen LogP contribution in [0.4, 0.5) is 0 Å². The highest BCUT2D eigenvalue weighted by Gasteiger charge is 2.27. The predicted octanol–water partition coefficient (Wildman–Crippen LogP) is 4.26. The summed E-state index contributed by atoms with van der Waals surface area (Å²) in [5.74, 6) is 0.898. The van der Waals surface area contributed by atoms with Gasteiger partial charge in [0.05, 0.1) is 0 Å². The van der Waals surface area contributed by atoms with Gasteiger partial charge in [-0.1, -0.05) is 45.9 Å². The number of rotatable bonds is 4. The van der Waals surface area contributed by atoms with Crippen molar-refractivity contribution < 1.29 is 4.79 Å². The second kappa shape index (κ2) is 5.01. The fourth-order valence-electron chi connectivity index (χ4n) is 1.49. The Morgan fingerprint density at radius 3 is 2.50 bits per heavy atom. The van der Waals surface area contributed by atoms with Crippen molar-refractivity contribution >= 4 is 17.4 Å². The van der Waals surface area contributed by atoms with Gasteiger partial charge in [0.1, 0.15) is 0 Å². The molecule has 2 heteroatoms. The topological polar surface area (TPSA) is 17.1 Å². The van der Waals surface area contributed by atoms with Crippen molar-refractivity contribution in [2.24, 2.45) is 5.41 Å². The maximum atomic E-state index is 12.2. The van der Waals surface area contributed by atoms with Gasteiger partial charge in [0, 0.05) is 16.9 Å². The summed E-state index contributed by atoms with van der Waals surface area (Å²) < 4.78 is 0. The van der Waals surface area contributed by atoms with E-state index >= 15 is 0 Å². The van der Waals surface area contributed by atoms with Crippen LogP contribution in [0.25, 0.3) is 0 Å². The van der Waals surface area contributed by atoms with Crippen LogP contribution >= 0.6 is 11.6 Å². The van der Waals surface area contributed by atoms with Crippen LogP contribution in [0, 0.1) is 5.41 Å². The van der Waals surface area contributed by atoms with Gasteiger partial charge in [-0.3, -0.25) is 4.79 Å². The molecular weight excluding hydrogens is 220 g/mol. The molecule has 0 spiro atoms. The van der Waals surface area contributed by atoms with Gasteiger partial charge in [0.15, 0.2) is 5.78 Å². The summed E-state index contributed by atoms with van der Waals surface area (Å²) in [6.45, 7) is 8.00. The predicted molar refractivity (Wildman–Crippen MR) is 69.4 cm³/mol. The van der Waals surface area contributed by atoms with Crippen LogP contribution in [0.3, 0.4) is 0 Å². The first-order valence-corrected chi connectivity index (χ1v) is 6.12. The molecule has 0 unspecified atom stereocenters. The van der Waals surface area contributed by atoms with Crippen LogP contribution < -0.4 is 0 Å². The summed E-state index contributed by atoms with van der Waals surface area (Å²) in [6, 6.07) is 7.83. The molecule has 0 aliphatic rings. The Labute approximate surface area is 103 Å². The van der Waals surface area contributed by atoms with Crippen molar-refractivity contribution in [3.05, 3.63) is 35.4 Å². The van der Waals surface area contributed by atoms with Gasteiger partial charge in [0.2, 0.25) is 0 Å². The van der Waals surface area contributed by atoms with E-state index in [9.17, 15) is 4.79 Å². The Bertz CT molecular complexity index is 380. The van der Waals surface area contributed by atoms with Gasteiger partial charge >= 0.3 is 0 Å². The number of ketones is 1. The Hall–Kier alpha value is -0.820. The molecule has 0 radical (unpaired) electrons. The van der Waals surface area contributed by atoms with Gasteiger partial charge in [-0.25, -0.2) is 0 Å². The molecule has 1 aromatic rings. The fraction of sp³-hybridized carbons (Fsp3) is 0.500. The van der Waals surface area contributed by atoms with E-state index in [0.29, 0.717) is 11.8 Å². The summed E-state index contributed by atoms with van der Waals surface area (Å²) in [6.07, 6.45) is 0. The van der Waals surface area contributed by atoms with E-state index in [1.54, 1.807) is 0 Å². The average Bonchev–Trinajstić information content (AvgIpc) is 2.28. The number of carbonyl (C=O) groups excluding carboxylic acids is 1. The van der Waals surface area contributed by atoms with Gasteiger partial charge < -0.3 is 0 Å². The lowest BCUT2D eigenvalue weighted by Crippen LogP contribution is -2.26. The van der Waals surface area contributed by atoms with E-state index in [1.165, 1.54) is 5.56 Å². The van der Waals surface area contributed by atoms with Crippen molar-refractivity contribution in [2.45, 2.75) is 33.6 Å². The Morgan fingerprint density at radius 2 is 2.00 bits per heavy atom. The number of hydrogen-bond acceptors (Lipinski definition) is 1. The molecule has 16 heavy (non-hydrogen) atoms. The van der Waals surface area contributed by atoms with Crippen LogP contribution in [-0.4, -0.2) is 11.7 Å². The molecule has 0 heterocycles. The largest absolute Gasteiger partial charge is 0.294 e. The average molecular weight is 239 g/mol. The van der Waals surface area contributed by atoms with E-state index < -0.39 is 5.41 Å². The first kappa shape index (κ1) is 13.2. The van der Waals surface area contributed by atoms with Crippen molar-refractivity contribution in [3.63, 3.8) is 0 Å². The highest BCUT2D eigenvalue weighted by atomic mass is 35.5. The first-order chi connectivity index (χ1) is 7.38. The molecule has 1 rings (SSSR count). The molecule has 1 aromatic carbocycles. The van der Waals surface area contributed by atoms with Crippen molar-refractivity contribution in [3.8, 4) is 0 Å². The summed E-state index contributed by atoms with van der Waals surface area (Å²) in [4.78, 5) is 12.2. The number of carbonyl (C=O) groups is 1. The maximum Gasteiger partial charge on any atom is 0.169 e. The molecule has 0 saturated carbocycles. The number of halogens is 1. The van der Waals surface area contributed by atoms with Crippen molar-refractivity contribution in [1.29, 1.82) is 0 Å². The van der Waals surface area contributed by atoms with E-state index in [0.717, 1.165) is 5.56 Å². The normalized spacial score (nSPS) is 11.9. The number of hydrogen-bond donors (Lipinski definition) is 0. The zero-order valence-corrected chi connectivity index (χ0v) is 11.1. The van der Waals surface area contributed by atoms with E-state index in [-0.39, 0.29) is 5.78 Å². The van der Waals surface area contributed by atoms with E-state index in [1.807, 2.05) is 32.0 Å². The number of Topliss-reactive ketones (excluding diaryl/α,β-unsaturated/α-hetero) is 1. The summed E-state index contributed by atoms with van der Waals surface area (Å²) in [5, 5.41) is 0. The Kier molecular flexibility index (Phi) is 4.15. The van der Waals surface area contributed by atoms with Crippen LogP contribution in [0.1, 0.15) is 49.5 Å². The van der Waals surface area contributed by atoms with Crippen LogP contribution in [0.5, 0.6) is 0 Å². The SMILES string of the molecule is CC(C)c1cccc(C(=O)C(C)(C)CCl)c1. The fourth-order valence-corrected chi connectivity index (χ4v) is 1.61. The number of alkyl halides is 1. The van der Waals surface area contributed by atoms with Gasteiger partial charge in [-0.15, -0.1) is 11.6 Å². The molecule has 0 N–H and O–H groups in total. The molecule has 0 aliphatic carbocycles. The molecule has 0 amide bonds. The lowest BCUT2D eigenvalue weighted by atomic mass is 9.85. The van der Waals surface area contributed by atoms with E-state index in [2.05, 4.69) is 19.9 Å². The van der Waals surface area contributed by atoms with Crippen LogP contribution in [0.15, 0.2) is 24.3 Å². The molecule has 0 atom stereocenters. The third kappa shape index (κ3) is 2.85. The molecule has 88 valence electrons. The van der Waals surface area contributed by atoms with Gasteiger partial charge in [-0.2, -0.15) is 0 Å². The highest BCUT2D eigenvalue weighted by molar-refractivity contribution is 6.21. The summed E-state index contributed by atoms with van der Waals surface area (Å²) >= 11 is 5.82. The van der Waals surface area contributed by atoms with Crippen LogP contribution in [0.2, 0.25) is 0 Å². The third-order valence-corrected chi connectivity index (χ3v) is 3.43. The van der Waals surface area contributed by atoms with Gasteiger partial charge in [0.25, 0.3) is 0 Å². The molecular formula is C14H19ClO. The zero-order chi connectivity index (χ0) is 12.3. The van der Waals surface area contributed by atoms with E-state index in [4.69, 9.17) is 11.6 Å². The molecule has 0 aliphatic heterocycles. The quantitative estimate of drug-likeness (QED) is 0.566. The highest BCUT2D eigenvalue weighted by Crippen LogP contribution is 2.25. The second-order valence-corrected chi connectivity index (χ2v) is 5.39. The Morgan fingerprint density at radius 1 is 1.38 bits per heavy atom. The minimum Gasteiger partial charge on any atom is -0.294 e. The zero-order valence-electron chi connectivity index (χ0n) is 10.4. The standard InChI is InChI=1S/C14H19ClO/c1-10(2)11-6-5-7-12(8-11)13(16)14(3,4)9-15/h5-8,10H,9H2,1-4H3. The minimum atomic E-state index is -0.489. The van der Waals surface area contributed by atoms with Crippen molar-refractivity contribution in [2.75, 3.05) is 5.88 Å². The van der Waals surface area contributed by atoms with Crippen LogP contribution in [-0.2, 0) is 0 Å². The minimum absolute atomic E-state index is 0.116. The monoisotopic (exact) mass is 238 g/mol. The molecule has 0 saturated heterocycles. The lowest BCUT2D eigenvalue weighted by molar-refractivity contribution is 0.0862. The maximum absolute atomic E-state index is 12.2. The smallest absolute Gasteiger partial charge is 0.169 e. The molecule has 0 fully saturated rings. The second-order valence-electron chi connectivity index (χ2n) is 5.13. The first-order valence-electron chi connectivity index (χ1n) is 5.59. The molecule has 0 bridgehead atoms. The Balaban J connectivity index is 3.05. The van der Waals surface area contributed by atoms with Gasteiger partial charge in [-0.05, 0) is 17.5 Å². The number of benzene rings is 1.